The predicted molar refractivity (Wildman–Crippen MR) is 93.3 cm³/mol. The van der Waals surface area contributed by atoms with E-state index in [1.54, 1.807) is 13.8 Å². The Morgan fingerprint density at radius 2 is 1.70 bits per heavy atom. The maximum Gasteiger partial charge on any atom is 0.267 e. The van der Waals surface area contributed by atoms with Crippen LogP contribution in [0.1, 0.15) is 33.6 Å². The third-order valence-corrected chi connectivity index (χ3v) is 7.00. The highest BCUT2D eigenvalue weighted by molar-refractivity contribution is 7.86. The Bertz CT molecular complexity index is 626. The van der Waals surface area contributed by atoms with Gasteiger partial charge in [-0.2, -0.15) is 8.42 Å². The number of methoxy groups -OCH3 is 2. The number of unbranched alkanes of at least 4 members (excludes halogenated alkanes) is 1. The lowest BCUT2D eigenvalue weighted by Gasteiger charge is -2.57. The first kappa shape index (κ1) is 21.4. The summed E-state index contributed by atoms with van der Waals surface area (Å²) in [5, 5.41) is 0. The van der Waals surface area contributed by atoms with E-state index in [4.69, 9.17) is 32.6 Å². The Kier molecular flexibility index (Phi) is 6.20. The van der Waals surface area contributed by atoms with Crippen LogP contribution in [0.2, 0.25) is 0 Å². The standard InChI is InChI=1S/C17H30O9S/c1-6-7-8-22-15-14-13(11-10-27(18,19)23-9-12(11)24-15)25-16(2,20-4)17(3,21-5)26-14/h11-15H,6-10H2,1-5H3/t11-,12+,13-,14+,15+,16+,17+/m0/s1. The SMILES string of the molecule is CCCCO[C@@H]1O[C@@H]2COS(=O)(=O)C[C@@H]2[C@@H]2O[C@@](C)(OC)[C@](C)(OC)O[C@@H]12. The number of ether oxygens (including phenoxy) is 6. The van der Waals surface area contributed by atoms with Gasteiger partial charge in [-0.25, -0.2) is 0 Å². The molecule has 0 saturated carbocycles. The maximum atomic E-state index is 12.0. The van der Waals surface area contributed by atoms with Crippen LogP contribution in [0.25, 0.3) is 0 Å². The van der Waals surface area contributed by atoms with Gasteiger partial charge in [0.05, 0.1) is 24.6 Å². The first-order valence-corrected chi connectivity index (χ1v) is 10.9. The molecule has 3 aliphatic rings. The molecule has 0 aromatic heterocycles. The molecule has 27 heavy (non-hydrogen) atoms. The number of hydrogen-bond acceptors (Lipinski definition) is 9. The molecule has 3 aliphatic heterocycles. The molecule has 158 valence electrons. The molecule has 0 unspecified atom stereocenters. The van der Waals surface area contributed by atoms with Crippen molar-refractivity contribution in [3.8, 4) is 0 Å². The van der Waals surface area contributed by atoms with E-state index in [2.05, 4.69) is 6.92 Å². The molecule has 7 atom stereocenters. The van der Waals surface area contributed by atoms with Crippen LogP contribution >= 0.6 is 0 Å². The molecule has 10 heteroatoms. The third kappa shape index (κ3) is 3.91. The van der Waals surface area contributed by atoms with Gasteiger partial charge in [0.25, 0.3) is 10.1 Å². The van der Waals surface area contributed by atoms with E-state index in [1.807, 2.05) is 0 Å². The molecule has 0 N–H and O–H groups in total. The lowest BCUT2D eigenvalue weighted by molar-refractivity contribution is -0.481. The second-order valence-electron chi connectivity index (χ2n) is 7.40. The fraction of sp³-hybridized carbons (Fsp3) is 1.00. The first-order valence-electron chi connectivity index (χ1n) is 9.28. The highest BCUT2D eigenvalue weighted by Gasteiger charge is 2.63. The molecule has 0 bridgehead atoms. The van der Waals surface area contributed by atoms with E-state index in [-0.39, 0.29) is 12.4 Å². The summed E-state index contributed by atoms with van der Waals surface area (Å²) < 4.78 is 64.6. The summed E-state index contributed by atoms with van der Waals surface area (Å²) in [7, 11) is -0.656. The largest absolute Gasteiger partial charge is 0.350 e. The zero-order chi connectivity index (χ0) is 19.9. The monoisotopic (exact) mass is 410 g/mol. The van der Waals surface area contributed by atoms with Crippen LogP contribution in [0.15, 0.2) is 0 Å². The fourth-order valence-corrected chi connectivity index (χ4v) is 5.05. The molecular weight excluding hydrogens is 380 g/mol. The predicted octanol–water partition coefficient (Wildman–Crippen LogP) is 1.01. The zero-order valence-corrected chi connectivity index (χ0v) is 17.3. The molecule has 3 heterocycles. The van der Waals surface area contributed by atoms with Crippen molar-refractivity contribution in [2.24, 2.45) is 5.92 Å². The summed E-state index contributed by atoms with van der Waals surface area (Å²) in [5.74, 6) is -3.14. The van der Waals surface area contributed by atoms with Gasteiger partial charge in [0.1, 0.15) is 6.10 Å². The van der Waals surface area contributed by atoms with E-state index in [0.717, 1.165) is 12.8 Å². The summed E-state index contributed by atoms with van der Waals surface area (Å²) in [6.07, 6.45) is -0.620. The molecule has 3 saturated heterocycles. The third-order valence-electron chi connectivity index (χ3n) is 5.71. The summed E-state index contributed by atoms with van der Waals surface area (Å²) >= 11 is 0. The second-order valence-corrected chi connectivity index (χ2v) is 9.09. The lowest BCUT2D eigenvalue weighted by atomic mass is 9.88. The van der Waals surface area contributed by atoms with Crippen LogP contribution < -0.4 is 0 Å². The average molecular weight is 410 g/mol. The van der Waals surface area contributed by atoms with Crippen molar-refractivity contribution in [1.82, 2.24) is 0 Å². The van der Waals surface area contributed by atoms with Gasteiger partial charge in [0.2, 0.25) is 11.6 Å². The van der Waals surface area contributed by atoms with Crippen LogP contribution in [-0.4, -0.2) is 77.8 Å². The van der Waals surface area contributed by atoms with E-state index in [0.29, 0.717) is 6.61 Å². The first-order chi connectivity index (χ1) is 12.7. The summed E-state index contributed by atoms with van der Waals surface area (Å²) in [5.41, 5.74) is 0. The molecular formula is C17H30O9S. The summed E-state index contributed by atoms with van der Waals surface area (Å²) in [6, 6.07) is 0. The maximum absolute atomic E-state index is 12.0. The molecule has 3 fully saturated rings. The molecule has 0 amide bonds. The molecule has 0 aliphatic carbocycles. The summed E-state index contributed by atoms with van der Waals surface area (Å²) in [4.78, 5) is 0. The van der Waals surface area contributed by atoms with E-state index in [9.17, 15) is 8.42 Å². The van der Waals surface area contributed by atoms with Crippen molar-refractivity contribution < 1.29 is 41.0 Å². The molecule has 3 rings (SSSR count). The Balaban J connectivity index is 1.91. The van der Waals surface area contributed by atoms with Crippen LogP contribution in [0, 0.1) is 5.92 Å². The zero-order valence-electron chi connectivity index (χ0n) is 16.5. The van der Waals surface area contributed by atoms with Crippen molar-refractivity contribution in [3.05, 3.63) is 0 Å². The van der Waals surface area contributed by atoms with Gasteiger partial charge in [-0.05, 0) is 20.3 Å². The highest BCUT2D eigenvalue weighted by atomic mass is 32.2. The molecule has 0 spiro atoms. The Labute approximate surface area is 160 Å². The van der Waals surface area contributed by atoms with E-state index < -0.39 is 52.2 Å². The molecule has 9 nitrogen and oxygen atoms in total. The van der Waals surface area contributed by atoms with Crippen LogP contribution in [-0.2, 0) is 42.7 Å². The Morgan fingerprint density at radius 1 is 1.07 bits per heavy atom. The minimum absolute atomic E-state index is 0.0710. The molecule has 0 radical (unpaired) electrons. The normalized spacial score (nSPS) is 46.5. The van der Waals surface area contributed by atoms with Crippen LogP contribution in [0.4, 0.5) is 0 Å². The van der Waals surface area contributed by atoms with Crippen molar-refractivity contribution >= 4 is 10.1 Å². The topological polar surface area (TPSA) is 98.8 Å². The van der Waals surface area contributed by atoms with Crippen molar-refractivity contribution in [2.75, 3.05) is 33.2 Å². The number of hydrogen-bond donors (Lipinski definition) is 0. The number of fused-ring (bicyclic) bond motifs is 3. The van der Waals surface area contributed by atoms with E-state index in [1.165, 1.54) is 14.2 Å². The highest BCUT2D eigenvalue weighted by Crippen LogP contribution is 2.46. The Morgan fingerprint density at radius 3 is 2.30 bits per heavy atom. The van der Waals surface area contributed by atoms with Gasteiger partial charge in [-0.1, -0.05) is 13.3 Å². The number of rotatable bonds is 6. The van der Waals surface area contributed by atoms with Gasteiger partial charge < -0.3 is 28.4 Å². The molecule has 0 aromatic carbocycles. The van der Waals surface area contributed by atoms with Crippen LogP contribution in [0.5, 0.6) is 0 Å². The quantitative estimate of drug-likeness (QED) is 0.469. The van der Waals surface area contributed by atoms with Gasteiger partial charge in [-0.3, -0.25) is 4.18 Å². The van der Waals surface area contributed by atoms with Crippen molar-refractivity contribution in [2.45, 2.75) is 69.8 Å². The average Bonchev–Trinajstić information content (AvgIpc) is 2.63. The minimum atomic E-state index is -3.65. The lowest BCUT2D eigenvalue weighted by Crippen LogP contribution is -2.72. The fourth-order valence-electron chi connectivity index (χ4n) is 3.74. The van der Waals surface area contributed by atoms with Gasteiger partial charge in [0.15, 0.2) is 6.29 Å². The van der Waals surface area contributed by atoms with Gasteiger partial charge >= 0.3 is 0 Å². The second kappa shape index (κ2) is 7.83. The van der Waals surface area contributed by atoms with E-state index >= 15 is 0 Å². The smallest absolute Gasteiger partial charge is 0.267 e. The van der Waals surface area contributed by atoms with Crippen LogP contribution in [0.3, 0.4) is 0 Å². The minimum Gasteiger partial charge on any atom is -0.350 e. The van der Waals surface area contributed by atoms with Gasteiger partial charge in [0, 0.05) is 26.7 Å². The van der Waals surface area contributed by atoms with Crippen molar-refractivity contribution in [3.63, 3.8) is 0 Å². The summed E-state index contributed by atoms with van der Waals surface area (Å²) in [6.45, 7) is 5.91. The van der Waals surface area contributed by atoms with Crippen molar-refractivity contribution in [1.29, 1.82) is 0 Å². The Hall–Kier alpha value is -0.330. The van der Waals surface area contributed by atoms with Gasteiger partial charge in [-0.15, -0.1) is 0 Å². The molecule has 0 aromatic rings.